The number of thiophene rings is 1. The predicted molar refractivity (Wildman–Crippen MR) is 148 cm³/mol. The molecule has 9 rings (SSSR count). The van der Waals surface area contributed by atoms with E-state index in [0.29, 0.717) is 35.0 Å². The van der Waals surface area contributed by atoms with E-state index in [0.717, 1.165) is 55.7 Å². The number of likely N-dealkylation sites (N-methyl/N-ethyl adjacent to an activating group) is 1. The lowest BCUT2D eigenvalue weighted by Crippen LogP contribution is -2.70. The first-order valence-electron chi connectivity index (χ1n) is 13.5. The van der Waals surface area contributed by atoms with Gasteiger partial charge in [0.1, 0.15) is 16.6 Å². The average Bonchev–Trinajstić information content (AvgIpc) is 3.69. The van der Waals surface area contributed by atoms with E-state index >= 15 is 4.39 Å². The van der Waals surface area contributed by atoms with Gasteiger partial charge in [-0.25, -0.2) is 18.7 Å². The maximum absolute atomic E-state index is 16.6. The molecule has 3 aromatic heterocycles. The SMILES string of the molecule is CN1CC2CC(C1)N2[C@@H]1CCN(c2ncc3c4c(c(-c5ncc(F)c6sc(N)c(C#N)c56)c(F)c3n2)COC4)C1. The van der Waals surface area contributed by atoms with Crippen molar-refractivity contribution in [3.05, 3.63) is 40.7 Å². The Hall–Kier alpha value is -3.50. The normalized spacial score (nSPS) is 24.6. The van der Waals surface area contributed by atoms with Crippen molar-refractivity contribution < 1.29 is 13.5 Å². The van der Waals surface area contributed by atoms with Crippen molar-refractivity contribution in [3.8, 4) is 17.3 Å². The molecule has 1 aromatic carbocycles. The van der Waals surface area contributed by atoms with Gasteiger partial charge in [-0.05, 0) is 31.0 Å². The number of pyridine rings is 1. The van der Waals surface area contributed by atoms with Crippen LogP contribution < -0.4 is 10.6 Å². The molecule has 5 aliphatic rings. The maximum atomic E-state index is 16.6. The van der Waals surface area contributed by atoms with E-state index in [1.54, 1.807) is 6.20 Å². The topological polar surface area (TPSA) is 107 Å². The quantitative estimate of drug-likeness (QED) is 0.402. The second-order valence-electron chi connectivity index (χ2n) is 11.3. The van der Waals surface area contributed by atoms with Crippen LogP contribution in [-0.2, 0) is 18.0 Å². The van der Waals surface area contributed by atoms with Gasteiger partial charge in [-0.1, -0.05) is 0 Å². The zero-order valence-corrected chi connectivity index (χ0v) is 22.6. The highest BCUT2D eigenvalue weighted by molar-refractivity contribution is 7.23. The second-order valence-corrected chi connectivity index (χ2v) is 12.3. The highest BCUT2D eigenvalue weighted by Gasteiger charge is 2.48. The third-order valence-electron chi connectivity index (χ3n) is 9.03. The number of hydrogen-bond donors (Lipinski definition) is 1. The zero-order chi connectivity index (χ0) is 27.3. The molecule has 0 spiro atoms. The summed E-state index contributed by atoms with van der Waals surface area (Å²) in [6.45, 7) is 4.28. The molecule has 12 heteroatoms. The number of nitrogens with two attached hydrogens (primary N) is 1. The van der Waals surface area contributed by atoms with Crippen molar-refractivity contribution >= 4 is 43.3 Å². The Morgan fingerprint density at radius 2 is 1.90 bits per heavy atom. The minimum Gasteiger partial charge on any atom is -0.389 e. The molecule has 204 valence electrons. The smallest absolute Gasteiger partial charge is 0.226 e. The average molecular weight is 561 g/mol. The van der Waals surface area contributed by atoms with E-state index in [1.807, 2.05) is 0 Å². The summed E-state index contributed by atoms with van der Waals surface area (Å²) >= 11 is 0.964. The molecule has 4 fully saturated rings. The third-order valence-corrected chi connectivity index (χ3v) is 10.1. The molecular formula is C28H26F2N8OS. The Bertz CT molecular complexity index is 1760. The zero-order valence-electron chi connectivity index (χ0n) is 21.8. The summed E-state index contributed by atoms with van der Waals surface area (Å²) in [5.41, 5.74) is 8.09. The number of benzene rings is 1. The second kappa shape index (κ2) is 8.75. The van der Waals surface area contributed by atoms with Crippen LogP contribution in [0.2, 0.25) is 0 Å². The van der Waals surface area contributed by atoms with Crippen molar-refractivity contribution in [2.45, 2.75) is 44.2 Å². The van der Waals surface area contributed by atoms with Gasteiger partial charge in [-0.3, -0.25) is 9.88 Å². The number of halogens is 2. The fraction of sp³-hybridized carbons (Fsp3) is 0.429. The molecule has 0 saturated carbocycles. The fourth-order valence-corrected chi connectivity index (χ4v) is 8.22. The highest BCUT2D eigenvalue weighted by atomic mass is 32.1. The largest absolute Gasteiger partial charge is 0.389 e. The number of nitrogen functional groups attached to an aromatic ring is 1. The van der Waals surface area contributed by atoms with Gasteiger partial charge in [-0.2, -0.15) is 5.26 Å². The molecule has 40 heavy (non-hydrogen) atoms. The van der Waals surface area contributed by atoms with Gasteiger partial charge >= 0.3 is 0 Å². The van der Waals surface area contributed by atoms with E-state index in [4.69, 9.17) is 15.5 Å². The summed E-state index contributed by atoms with van der Waals surface area (Å²) < 4.78 is 37.2. The summed E-state index contributed by atoms with van der Waals surface area (Å²) in [5, 5.41) is 10.8. The number of nitriles is 1. The Labute approximate surface area is 232 Å². The van der Waals surface area contributed by atoms with Crippen molar-refractivity contribution in [1.82, 2.24) is 24.8 Å². The maximum Gasteiger partial charge on any atom is 0.226 e. The summed E-state index contributed by atoms with van der Waals surface area (Å²) in [5.74, 6) is -0.679. The molecule has 0 amide bonds. The van der Waals surface area contributed by atoms with Crippen molar-refractivity contribution in [2.75, 3.05) is 43.9 Å². The van der Waals surface area contributed by atoms with Gasteiger partial charge in [-0.15, -0.1) is 11.3 Å². The standard InChI is InChI=1S/C28H26F2N8OS/c1-36-8-14-4-15(9-36)38(14)13-2-3-37(10-13)28-34-6-17-18-11-39-12-19(18)21(23(30)24(17)35-28)25-22-16(5-31)27(32)40-26(22)20(29)7-33-25/h6-7,13-15H,2-4,8-12,32H2,1H3/t13-,14?,15?/m1/s1. The molecule has 3 atom stereocenters. The summed E-state index contributed by atoms with van der Waals surface area (Å²) in [4.78, 5) is 20.9. The van der Waals surface area contributed by atoms with Crippen molar-refractivity contribution in [1.29, 1.82) is 5.26 Å². The van der Waals surface area contributed by atoms with E-state index < -0.39 is 11.6 Å². The molecule has 0 aliphatic carbocycles. The number of aromatic nitrogens is 3. The van der Waals surface area contributed by atoms with Crippen LogP contribution in [0.3, 0.4) is 0 Å². The van der Waals surface area contributed by atoms with Crippen LogP contribution in [-0.4, -0.2) is 76.1 Å². The number of ether oxygens (including phenoxy) is 1. The number of fused-ring (bicyclic) bond motifs is 6. The fourth-order valence-electron chi connectivity index (χ4n) is 7.30. The molecule has 2 bridgehead atoms. The Kier molecular flexibility index (Phi) is 5.32. The van der Waals surface area contributed by atoms with Crippen LogP contribution >= 0.6 is 11.3 Å². The molecular weight excluding hydrogens is 534 g/mol. The van der Waals surface area contributed by atoms with Crippen molar-refractivity contribution in [2.24, 2.45) is 0 Å². The monoisotopic (exact) mass is 560 g/mol. The summed E-state index contributed by atoms with van der Waals surface area (Å²) in [6.07, 6.45) is 5.04. The lowest BCUT2D eigenvalue weighted by Gasteiger charge is -2.58. The van der Waals surface area contributed by atoms with E-state index in [1.165, 1.54) is 6.42 Å². The minimum absolute atomic E-state index is 0.0996. The molecule has 4 saturated heterocycles. The number of anilines is 2. The number of hydrogen-bond acceptors (Lipinski definition) is 10. The Balaban J connectivity index is 1.23. The van der Waals surface area contributed by atoms with Crippen LogP contribution in [0.25, 0.3) is 32.2 Å². The first kappa shape index (κ1) is 24.3. The van der Waals surface area contributed by atoms with E-state index in [2.05, 4.69) is 37.8 Å². The first-order valence-corrected chi connectivity index (χ1v) is 14.3. The number of piperazine rings is 1. The summed E-state index contributed by atoms with van der Waals surface area (Å²) in [7, 11) is 2.19. The molecule has 2 unspecified atom stereocenters. The van der Waals surface area contributed by atoms with Crippen LogP contribution in [0.15, 0.2) is 12.4 Å². The molecule has 5 aliphatic heterocycles. The first-order chi connectivity index (χ1) is 19.4. The van der Waals surface area contributed by atoms with Crippen LogP contribution in [0.5, 0.6) is 0 Å². The van der Waals surface area contributed by atoms with Gasteiger partial charge < -0.3 is 20.3 Å². The van der Waals surface area contributed by atoms with Crippen LogP contribution in [0, 0.1) is 23.0 Å². The van der Waals surface area contributed by atoms with Crippen LogP contribution in [0.1, 0.15) is 29.5 Å². The third kappa shape index (κ3) is 3.35. The number of nitrogens with zero attached hydrogens (tertiary/aromatic N) is 7. The molecule has 4 aromatic rings. The Morgan fingerprint density at radius 1 is 1.10 bits per heavy atom. The van der Waals surface area contributed by atoms with E-state index in [9.17, 15) is 9.65 Å². The lowest BCUT2D eigenvalue weighted by atomic mass is 9.85. The van der Waals surface area contributed by atoms with Crippen molar-refractivity contribution in [3.63, 3.8) is 0 Å². The number of piperidine rings is 1. The van der Waals surface area contributed by atoms with E-state index in [-0.39, 0.29) is 50.6 Å². The molecule has 0 radical (unpaired) electrons. The number of rotatable bonds is 3. The molecule has 8 heterocycles. The highest BCUT2D eigenvalue weighted by Crippen LogP contribution is 2.45. The van der Waals surface area contributed by atoms with Crippen LogP contribution in [0.4, 0.5) is 19.7 Å². The summed E-state index contributed by atoms with van der Waals surface area (Å²) in [6, 6.07) is 3.71. The van der Waals surface area contributed by atoms with Gasteiger partial charge in [0, 0.05) is 66.8 Å². The minimum atomic E-state index is -0.600. The van der Waals surface area contributed by atoms with Gasteiger partial charge in [0.25, 0.3) is 0 Å². The van der Waals surface area contributed by atoms with Gasteiger partial charge in [0.15, 0.2) is 11.6 Å². The molecule has 2 N–H and O–H groups in total. The van der Waals surface area contributed by atoms with Gasteiger partial charge in [0.05, 0.1) is 35.4 Å². The Morgan fingerprint density at radius 3 is 2.70 bits per heavy atom. The predicted octanol–water partition coefficient (Wildman–Crippen LogP) is 3.64. The van der Waals surface area contributed by atoms with Gasteiger partial charge in [0.2, 0.25) is 5.95 Å². The lowest BCUT2D eigenvalue weighted by molar-refractivity contribution is -0.0838. The molecule has 9 nitrogen and oxygen atoms in total.